The Hall–Kier alpha value is -4.30. The predicted octanol–water partition coefficient (Wildman–Crippen LogP) is 3.27. The minimum absolute atomic E-state index is 0.223. The number of nitrogens with one attached hydrogen (secondary N) is 2. The van der Waals surface area contributed by atoms with E-state index in [0.717, 1.165) is 31.7 Å². The smallest absolute Gasteiger partial charge is 0.270 e. The molecule has 0 atom stereocenters. The van der Waals surface area contributed by atoms with Gasteiger partial charge in [-0.15, -0.1) is 0 Å². The number of aromatic nitrogens is 2. The predicted molar refractivity (Wildman–Crippen MR) is 140 cm³/mol. The first kappa shape index (κ1) is 23.4. The maximum absolute atomic E-state index is 13.0. The molecular weight excluding hydrogens is 452 g/mol. The highest BCUT2D eigenvalue weighted by atomic mass is 16.2. The van der Waals surface area contributed by atoms with Crippen LogP contribution in [0.3, 0.4) is 0 Å². The second-order valence-corrected chi connectivity index (χ2v) is 8.73. The van der Waals surface area contributed by atoms with Crippen molar-refractivity contribution in [3.05, 3.63) is 90.8 Å². The lowest BCUT2D eigenvalue weighted by Gasteiger charge is -2.36. The van der Waals surface area contributed by atoms with Crippen molar-refractivity contribution in [1.82, 2.24) is 25.7 Å². The number of hydrogen-bond acceptors (Lipinski definition) is 6. The Bertz CT molecular complexity index is 1340. The first-order valence-corrected chi connectivity index (χ1v) is 12.1. The molecule has 0 aliphatic carbocycles. The maximum atomic E-state index is 13.0. The van der Waals surface area contributed by atoms with E-state index >= 15 is 0 Å². The maximum Gasteiger partial charge on any atom is 0.270 e. The molecule has 8 heteroatoms. The second-order valence-electron chi connectivity index (χ2n) is 8.73. The van der Waals surface area contributed by atoms with Gasteiger partial charge in [-0.2, -0.15) is 0 Å². The van der Waals surface area contributed by atoms with Crippen LogP contribution in [0, 0.1) is 0 Å². The van der Waals surface area contributed by atoms with E-state index in [-0.39, 0.29) is 11.8 Å². The van der Waals surface area contributed by atoms with Gasteiger partial charge in [-0.1, -0.05) is 36.4 Å². The van der Waals surface area contributed by atoms with Crippen molar-refractivity contribution >= 4 is 28.4 Å². The molecule has 1 saturated heterocycles. The van der Waals surface area contributed by atoms with Gasteiger partial charge in [0.15, 0.2) is 0 Å². The number of hydrogen-bond donors (Lipinski definition) is 2. The molecule has 0 spiro atoms. The average Bonchev–Trinajstić information content (AvgIpc) is 2.95. The van der Waals surface area contributed by atoms with Gasteiger partial charge in [0.1, 0.15) is 0 Å². The van der Waals surface area contributed by atoms with E-state index < -0.39 is 0 Å². The van der Waals surface area contributed by atoms with Crippen molar-refractivity contribution in [2.45, 2.75) is 6.42 Å². The third kappa shape index (κ3) is 5.50. The quantitative estimate of drug-likeness (QED) is 0.412. The minimum atomic E-state index is -0.386. The standard InChI is InChI=1S/C28H28N6O2/c35-27(12-14-33-15-17-34(18-16-33)22-8-2-1-3-9-22)31-32-28(36)24-19-26(21-7-6-13-29-20-21)30-25-11-5-4-10-23(24)25/h1-11,13,19-20H,12,14-18H2,(H,31,35)(H,32,36). The van der Waals surface area contributed by atoms with Crippen molar-refractivity contribution < 1.29 is 9.59 Å². The van der Waals surface area contributed by atoms with Gasteiger partial charge < -0.3 is 4.90 Å². The largest absolute Gasteiger partial charge is 0.369 e. The first-order valence-electron chi connectivity index (χ1n) is 12.1. The molecule has 1 aliphatic heterocycles. The average molecular weight is 481 g/mol. The number of carbonyl (C=O) groups excluding carboxylic acids is 2. The molecule has 2 amide bonds. The van der Waals surface area contributed by atoms with Gasteiger partial charge in [0.2, 0.25) is 5.91 Å². The molecule has 4 aromatic rings. The summed E-state index contributed by atoms with van der Waals surface area (Å²) in [7, 11) is 0. The zero-order valence-electron chi connectivity index (χ0n) is 19.9. The van der Waals surface area contributed by atoms with Crippen LogP contribution in [-0.4, -0.2) is 59.4 Å². The van der Waals surface area contributed by atoms with Crippen LogP contribution < -0.4 is 15.8 Å². The number of piperazine rings is 1. The molecule has 0 radical (unpaired) electrons. The number of carbonyl (C=O) groups is 2. The van der Waals surface area contributed by atoms with Crippen molar-refractivity contribution in [1.29, 1.82) is 0 Å². The molecule has 2 N–H and O–H groups in total. The lowest BCUT2D eigenvalue weighted by molar-refractivity contribution is -0.122. The summed E-state index contributed by atoms with van der Waals surface area (Å²) >= 11 is 0. The van der Waals surface area contributed by atoms with Crippen molar-refractivity contribution in [3.8, 4) is 11.3 Å². The van der Waals surface area contributed by atoms with Gasteiger partial charge in [0.05, 0.1) is 16.8 Å². The van der Waals surface area contributed by atoms with E-state index in [1.165, 1.54) is 5.69 Å². The summed E-state index contributed by atoms with van der Waals surface area (Å²) in [5.41, 5.74) is 8.98. The molecule has 1 aliphatic rings. The summed E-state index contributed by atoms with van der Waals surface area (Å²) < 4.78 is 0. The molecule has 2 aromatic carbocycles. The summed E-state index contributed by atoms with van der Waals surface area (Å²) in [6.45, 7) is 4.30. The van der Waals surface area contributed by atoms with Crippen molar-refractivity contribution in [2.75, 3.05) is 37.6 Å². The van der Waals surface area contributed by atoms with E-state index in [9.17, 15) is 9.59 Å². The van der Waals surface area contributed by atoms with Crippen molar-refractivity contribution in [3.63, 3.8) is 0 Å². The van der Waals surface area contributed by atoms with Crippen LogP contribution in [0.15, 0.2) is 85.2 Å². The molecular formula is C28H28N6O2. The zero-order chi connectivity index (χ0) is 24.7. The summed E-state index contributed by atoms with van der Waals surface area (Å²) in [4.78, 5) is 39.0. The second kappa shape index (κ2) is 11.0. The van der Waals surface area contributed by atoms with E-state index in [0.29, 0.717) is 35.1 Å². The zero-order valence-corrected chi connectivity index (χ0v) is 19.9. The number of para-hydroxylation sites is 2. The van der Waals surface area contributed by atoms with E-state index in [2.05, 4.69) is 54.9 Å². The van der Waals surface area contributed by atoms with Crippen LogP contribution in [0.5, 0.6) is 0 Å². The minimum Gasteiger partial charge on any atom is -0.369 e. The number of fused-ring (bicyclic) bond motifs is 1. The number of pyridine rings is 2. The highest BCUT2D eigenvalue weighted by molar-refractivity contribution is 6.07. The monoisotopic (exact) mass is 480 g/mol. The van der Waals surface area contributed by atoms with E-state index in [1.54, 1.807) is 18.5 Å². The molecule has 5 rings (SSSR count). The van der Waals surface area contributed by atoms with Gasteiger partial charge in [-0.05, 0) is 36.4 Å². The van der Waals surface area contributed by atoms with Gasteiger partial charge in [0, 0.05) is 68.2 Å². The van der Waals surface area contributed by atoms with E-state index in [4.69, 9.17) is 0 Å². The normalized spacial score (nSPS) is 13.9. The van der Waals surface area contributed by atoms with Crippen LogP contribution >= 0.6 is 0 Å². The van der Waals surface area contributed by atoms with Gasteiger partial charge >= 0.3 is 0 Å². The van der Waals surface area contributed by atoms with Gasteiger partial charge in [-0.3, -0.25) is 30.3 Å². The Kier molecular flexibility index (Phi) is 7.14. The lowest BCUT2D eigenvalue weighted by Crippen LogP contribution is -2.48. The Morgan fingerprint density at radius 1 is 0.861 bits per heavy atom. The fourth-order valence-corrected chi connectivity index (χ4v) is 4.41. The van der Waals surface area contributed by atoms with Crippen LogP contribution in [0.25, 0.3) is 22.2 Å². The Morgan fingerprint density at radius 2 is 1.64 bits per heavy atom. The Balaban J connectivity index is 1.16. The molecule has 1 fully saturated rings. The molecule has 3 heterocycles. The third-order valence-corrected chi connectivity index (χ3v) is 6.38. The first-order chi connectivity index (χ1) is 17.7. The Morgan fingerprint density at radius 3 is 2.42 bits per heavy atom. The number of rotatable bonds is 6. The van der Waals surface area contributed by atoms with Gasteiger partial charge in [0.25, 0.3) is 5.91 Å². The van der Waals surface area contributed by atoms with Crippen LogP contribution in [0.2, 0.25) is 0 Å². The molecule has 0 saturated carbocycles. The molecule has 0 bridgehead atoms. The number of benzene rings is 2. The number of hydrazine groups is 1. The third-order valence-electron chi connectivity index (χ3n) is 6.38. The van der Waals surface area contributed by atoms with Crippen LogP contribution in [0.1, 0.15) is 16.8 Å². The summed E-state index contributed by atoms with van der Waals surface area (Å²) in [6.07, 6.45) is 3.71. The van der Waals surface area contributed by atoms with Crippen LogP contribution in [0.4, 0.5) is 5.69 Å². The fraction of sp³-hybridized carbons (Fsp3) is 0.214. The highest BCUT2D eigenvalue weighted by Gasteiger charge is 2.18. The molecule has 182 valence electrons. The number of anilines is 1. The molecule has 0 unspecified atom stereocenters. The highest BCUT2D eigenvalue weighted by Crippen LogP contribution is 2.24. The number of amides is 2. The summed E-state index contributed by atoms with van der Waals surface area (Å²) in [6, 6.07) is 23.3. The SMILES string of the molecule is O=C(CCN1CCN(c2ccccc2)CC1)NNC(=O)c1cc(-c2cccnc2)nc2ccccc12. The van der Waals surface area contributed by atoms with Crippen LogP contribution in [-0.2, 0) is 4.79 Å². The summed E-state index contributed by atoms with van der Waals surface area (Å²) in [5, 5.41) is 0.716. The molecule has 2 aromatic heterocycles. The van der Waals surface area contributed by atoms with E-state index in [1.807, 2.05) is 42.5 Å². The summed E-state index contributed by atoms with van der Waals surface area (Å²) in [5.74, 6) is -0.608. The van der Waals surface area contributed by atoms with Crippen molar-refractivity contribution in [2.24, 2.45) is 0 Å². The lowest BCUT2D eigenvalue weighted by atomic mass is 10.0. The molecule has 8 nitrogen and oxygen atoms in total. The fourth-order valence-electron chi connectivity index (χ4n) is 4.41. The topological polar surface area (TPSA) is 90.5 Å². The van der Waals surface area contributed by atoms with Gasteiger partial charge in [-0.25, -0.2) is 4.98 Å². The molecule has 36 heavy (non-hydrogen) atoms. The number of nitrogens with zero attached hydrogens (tertiary/aromatic N) is 4. The Labute approximate surface area is 209 Å².